The zero-order valence-electron chi connectivity index (χ0n) is 7.86. The van der Waals surface area contributed by atoms with Gasteiger partial charge in [0.05, 0.1) is 0 Å². The molecule has 0 aliphatic heterocycles. The molecule has 0 radical (unpaired) electrons. The third kappa shape index (κ3) is 2.96. The molecule has 0 bridgehead atoms. The molecule has 0 aliphatic carbocycles. The quantitative estimate of drug-likeness (QED) is 0.714. The zero-order valence-corrected chi connectivity index (χ0v) is 8.75. The average Bonchev–Trinajstić information content (AvgIpc) is 2.07. The molecule has 0 atom stereocenters. The Bertz CT molecular complexity index is 380. The fourth-order valence-corrected chi connectivity index (χ4v) is 1.04. The van der Waals surface area contributed by atoms with Crippen LogP contribution >= 0.6 is 7.14 Å². The summed E-state index contributed by atoms with van der Waals surface area (Å²) in [6, 6.07) is 4.95. The zero-order chi connectivity index (χ0) is 10.8. The van der Waals surface area contributed by atoms with Crippen molar-refractivity contribution in [2.24, 2.45) is 0 Å². The Kier molecular flexibility index (Phi) is 3.06. The Morgan fingerprint density at radius 1 is 1.29 bits per heavy atom. The summed E-state index contributed by atoms with van der Waals surface area (Å²) in [7, 11) is -2.89. The maximum Gasteiger partial charge on any atom is 0.368 e. The van der Waals surface area contributed by atoms with Gasteiger partial charge in [0.15, 0.2) is 7.14 Å². The van der Waals surface area contributed by atoms with E-state index >= 15 is 0 Å². The van der Waals surface area contributed by atoms with E-state index < -0.39 is 18.7 Å². The van der Waals surface area contributed by atoms with E-state index in [9.17, 15) is 13.8 Å². The third-order valence-corrected chi connectivity index (χ3v) is 2.43. The summed E-state index contributed by atoms with van der Waals surface area (Å²) >= 11 is 0. The van der Waals surface area contributed by atoms with Gasteiger partial charge >= 0.3 is 5.71 Å². The molecule has 0 aromatic heterocycles. The Balaban J connectivity index is 2.76. The van der Waals surface area contributed by atoms with E-state index in [0.717, 1.165) is 0 Å². The predicted molar refractivity (Wildman–Crippen MR) is 51.9 cm³/mol. The van der Waals surface area contributed by atoms with Crippen LogP contribution in [-0.2, 0) is 4.57 Å². The Hall–Kier alpha value is -1.15. The van der Waals surface area contributed by atoms with Crippen molar-refractivity contribution in [3.05, 3.63) is 30.1 Å². The number of hydrogen-bond acceptors (Lipinski definition) is 3. The molecule has 0 N–H and O–H groups in total. The van der Waals surface area contributed by atoms with Crippen LogP contribution in [0.4, 0.5) is 9.18 Å². The van der Waals surface area contributed by atoms with Crippen LogP contribution in [0.25, 0.3) is 0 Å². The lowest BCUT2D eigenvalue weighted by molar-refractivity contribution is 0.224. The molecule has 0 aliphatic rings. The van der Waals surface area contributed by atoms with Crippen molar-refractivity contribution in [1.29, 1.82) is 0 Å². The molecule has 1 aromatic carbocycles. The first-order valence-electron chi connectivity index (χ1n) is 3.92. The molecule has 0 fully saturated rings. The smallest absolute Gasteiger partial charge is 0.368 e. The highest BCUT2D eigenvalue weighted by atomic mass is 31.2. The molecule has 1 aromatic rings. The minimum Gasteiger partial charge on any atom is -0.421 e. The normalized spacial score (nSPS) is 11.1. The monoisotopic (exact) mass is 216 g/mol. The fourth-order valence-electron chi connectivity index (χ4n) is 0.713. The number of carbonyl (C=O) groups is 1. The van der Waals surface area contributed by atoms with Crippen molar-refractivity contribution >= 4 is 12.9 Å². The van der Waals surface area contributed by atoms with Gasteiger partial charge in [-0.2, -0.15) is 0 Å². The van der Waals surface area contributed by atoms with E-state index in [2.05, 4.69) is 0 Å². The first-order chi connectivity index (χ1) is 6.39. The van der Waals surface area contributed by atoms with Crippen molar-refractivity contribution in [3.8, 4) is 5.75 Å². The molecule has 5 heteroatoms. The van der Waals surface area contributed by atoms with E-state index in [1.807, 2.05) is 0 Å². The fraction of sp³-hybridized carbons (Fsp3) is 0.222. The number of hydrogen-bond donors (Lipinski definition) is 0. The second kappa shape index (κ2) is 3.93. The van der Waals surface area contributed by atoms with Gasteiger partial charge in [0.25, 0.3) is 0 Å². The van der Waals surface area contributed by atoms with Gasteiger partial charge in [-0.05, 0) is 37.6 Å². The van der Waals surface area contributed by atoms with Gasteiger partial charge in [-0.15, -0.1) is 0 Å². The van der Waals surface area contributed by atoms with Gasteiger partial charge in [0.2, 0.25) is 0 Å². The van der Waals surface area contributed by atoms with Crippen molar-refractivity contribution in [2.75, 3.05) is 13.3 Å². The highest BCUT2D eigenvalue weighted by Gasteiger charge is 2.21. The molecular formula is C9H10FO3P. The first-order valence-corrected chi connectivity index (χ1v) is 6.52. The van der Waals surface area contributed by atoms with Crippen molar-refractivity contribution < 1.29 is 18.5 Å². The molecule has 0 spiro atoms. The molecule has 0 unspecified atom stereocenters. The Morgan fingerprint density at radius 3 is 2.21 bits per heavy atom. The summed E-state index contributed by atoms with van der Waals surface area (Å²) in [5, 5.41) is 0. The molecule has 76 valence electrons. The highest BCUT2D eigenvalue weighted by Crippen LogP contribution is 2.38. The molecule has 1 rings (SSSR count). The molecule has 14 heavy (non-hydrogen) atoms. The maximum atomic E-state index is 12.5. The minimum absolute atomic E-state index is 0.195. The second-order valence-corrected chi connectivity index (χ2v) is 6.24. The number of benzene rings is 1. The van der Waals surface area contributed by atoms with Crippen LogP contribution in [0.1, 0.15) is 0 Å². The Morgan fingerprint density at radius 2 is 1.79 bits per heavy atom. The van der Waals surface area contributed by atoms with Gasteiger partial charge in [-0.3, -0.25) is 0 Å². The first kappa shape index (κ1) is 10.9. The molecule has 0 saturated carbocycles. The summed E-state index contributed by atoms with van der Waals surface area (Å²) < 4.78 is 28.5. The summed E-state index contributed by atoms with van der Waals surface area (Å²) in [5.41, 5.74) is -0.774. The van der Waals surface area contributed by atoms with Crippen molar-refractivity contribution in [1.82, 2.24) is 0 Å². The lowest BCUT2D eigenvalue weighted by Gasteiger charge is -2.06. The lowest BCUT2D eigenvalue weighted by atomic mass is 10.3. The molecule has 3 nitrogen and oxygen atoms in total. The van der Waals surface area contributed by atoms with Crippen LogP contribution in [-0.4, -0.2) is 19.0 Å². The summed E-state index contributed by atoms with van der Waals surface area (Å²) in [6.45, 7) is 2.64. The van der Waals surface area contributed by atoms with Gasteiger partial charge in [-0.25, -0.2) is 9.18 Å². The van der Waals surface area contributed by atoms with Crippen molar-refractivity contribution in [3.63, 3.8) is 0 Å². The third-order valence-electron chi connectivity index (χ3n) is 1.46. The highest BCUT2D eigenvalue weighted by molar-refractivity contribution is 7.78. The van der Waals surface area contributed by atoms with Gasteiger partial charge in [0, 0.05) is 0 Å². The van der Waals surface area contributed by atoms with Gasteiger partial charge in [0.1, 0.15) is 11.6 Å². The largest absolute Gasteiger partial charge is 0.421 e. The van der Waals surface area contributed by atoms with E-state index in [0.29, 0.717) is 0 Å². The summed E-state index contributed by atoms with van der Waals surface area (Å²) in [5.74, 6) is -0.221. The van der Waals surface area contributed by atoms with Crippen LogP contribution in [0.3, 0.4) is 0 Å². The van der Waals surface area contributed by atoms with E-state index in [-0.39, 0.29) is 5.75 Å². The van der Waals surface area contributed by atoms with Crippen LogP contribution in [0.15, 0.2) is 24.3 Å². The van der Waals surface area contributed by atoms with Crippen LogP contribution in [0.5, 0.6) is 5.75 Å². The number of ether oxygens (including phenoxy) is 1. The molecule has 0 saturated heterocycles. The number of halogens is 1. The average molecular weight is 216 g/mol. The molecular weight excluding hydrogens is 206 g/mol. The van der Waals surface area contributed by atoms with Crippen molar-refractivity contribution in [2.45, 2.75) is 0 Å². The number of rotatable bonds is 2. The van der Waals surface area contributed by atoms with Crippen LogP contribution in [0, 0.1) is 5.82 Å². The maximum absolute atomic E-state index is 12.5. The van der Waals surface area contributed by atoms with Gasteiger partial charge < -0.3 is 9.30 Å². The van der Waals surface area contributed by atoms with E-state index in [4.69, 9.17) is 4.74 Å². The number of carbonyl (C=O) groups excluding carboxylic acids is 1. The SMILES string of the molecule is CP(C)(=O)C(=O)Oc1ccc(F)cc1. The summed E-state index contributed by atoms with van der Waals surface area (Å²) in [6.07, 6.45) is 0. The van der Waals surface area contributed by atoms with E-state index in [1.54, 1.807) is 0 Å². The standard InChI is InChI=1S/C9H10FO3P/c1-14(2,12)9(11)13-8-5-3-7(10)4-6-8/h3-6H,1-2H3. The lowest BCUT2D eigenvalue weighted by Crippen LogP contribution is -2.04. The molecule has 0 heterocycles. The molecule has 0 amide bonds. The van der Waals surface area contributed by atoms with E-state index in [1.165, 1.54) is 37.6 Å². The van der Waals surface area contributed by atoms with Gasteiger partial charge in [-0.1, -0.05) is 0 Å². The predicted octanol–water partition coefficient (Wildman–Crippen LogP) is 2.95. The van der Waals surface area contributed by atoms with Crippen LogP contribution < -0.4 is 4.74 Å². The van der Waals surface area contributed by atoms with Crippen LogP contribution in [0.2, 0.25) is 0 Å². The summed E-state index contributed by atoms with van der Waals surface area (Å²) in [4.78, 5) is 11.1. The topological polar surface area (TPSA) is 43.4 Å². The Labute approximate surface area is 81.3 Å². The second-order valence-electron chi connectivity index (χ2n) is 3.17. The minimum atomic E-state index is -2.89.